The first kappa shape index (κ1) is 21.1. The highest BCUT2D eigenvalue weighted by atomic mass is 16.5. The molecule has 0 radical (unpaired) electrons. The van der Waals surface area contributed by atoms with E-state index in [1.54, 1.807) is 0 Å². The van der Waals surface area contributed by atoms with E-state index in [1.165, 1.54) is 5.56 Å². The maximum absolute atomic E-state index is 12.6. The fraction of sp³-hybridized carbons (Fsp3) is 0.400. The Hall–Kier alpha value is -3.15. The molecule has 2 unspecified atom stereocenters. The molecule has 4 rings (SSSR count). The van der Waals surface area contributed by atoms with Crippen LogP contribution in [0.15, 0.2) is 59.1 Å². The maximum Gasteiger partial charge on any atom is 0.232 e. The van der Waals surface area contributed by atoms with Crippen LogP contribution in [-0.4, -0.2) is 40.6 Å². The van der Waals surface area contributed by atoms with E-state index in [9.17, 15) is 4.79 Å². The first-order valence-electron chi connectivity index (χ1n) is 10.9. The molecule has 0 saturated carbocycles. The van der Waals surface area contributed by atoms with Crippen LogP contribution in [0.1, 0.15) is 50.5 Å². The predicted octanol–water partition coefficient (Wildman–Crippen LogP) is 4.89. The van der Waals surface area contributed by atoms with Crippen LogP contribution in [0, 0.1) is 5.92 Å². The number of carbonyl (C=O) groups excluding carboxylic acids is 1. The zero-order chi connectivity index (χ0) is 21.8. The van der Waals surface area contributed by atoms with E-state index < -0.39 is 0 Å². The zero-order valence-corrected chi connectivity index (χ0v) is 18.3. The second-order valence-corrected chi connectivity index (χ2v) is 8.70. The molecule has 1 aromatic heterocycles. The lowest BCUT2D eigenvalue weighted by molar-refractivity contribution is -0.127. The molecule has 6 heteroatoms. The fourth-order valence-corrected chi connectivity index (χ4v) is 3.81. The molecule has 3 aromatic rings. The number of hydrogen-bond acceptors (Lipinski definition) is 5. The molecule has 2 heterocycles. The Morgan fingerprint density at radius 3 is 2.55 bits per heavy atom. The van der Waals surface area contributed by atoms with Gasteiger partial charge in [0, 0.05) is 25.1 Å². The smallest absolute Gasteiger partial charge is 0.232 e. The van der Waals surface area contributed by atoms with Crippen molar-refractivity contribution in [3.8, 4) is 17.1 Å². The summed E-state index contributed by atoms with van der Waals surface area (Å²) in [5, 5.41) is 4.14. The monoisotopic (exact) mass is 419 g/mol. The second-order valence-electron chi connectivity index (χ2n) is 8.70. The molecule has 162 valence electrons. The molecule has 2 aromatic carbocycles. The van der Waals surface area contributed by atoms with Gasteiger partial charge in [-0.1, -0.05) is 56.3 Å². The highest BCUT2D eigenvalue weighted by molar-refractivity contribution is 5.79. The van der Waals surface area contributed by atoms with Crippen molar-refractivity contribution in [1.82, 2.24) is 15.0 Å². The summed E-state index contributed by atoms with van der Waals surface area (Å²) in [7, 11) is 0. The highest BCUT2D eigenvalue weighted by Gasteiger charge is 2.35. The van der Waals surface area contributed by atoms with Crippen molar-refractivity contribution in [2.24, 2.45) is 5.92 Å². The van der Waals surface area contributed by atoms with E-state index in [2.05, 4.69) is 43.0 Å². The van der Waals surface area contributed by atoms with E-state index in [4.69, 9.17) is 9.26 Å². The van der Waals surface area contributed by atoms with Crippen molar-refractivity contribution < 1.29 is 14.1 Å². The Kier molecular flexibility index (Phi) is 6.35. The van der Waals surface area contributed by atoms with E-state index in [1.807, 2.05) is 47.4 Å². The molecule has 1 saturated heterocycles. The van der Waals surface area contributed by atoms with Crippen LogP contribution in [0.3, 0.4) is 0 Å². The molecule has 0 bridgehead atoms. The van der Waals surface area contributed by atoms with Crippen LogP contribution in [0.4, 0.5) is 0 Å². The third-order valence-corrected chi connectivity index (χ3v) is 5.56. The van der Waals surface area contributed by atoms with Crippen LogP contribution < -0.4 is 4.74 Å². The van der Waals surface area contributed by atoms with Gasteiger partial charge in [-0.15, -0.1) is 0 Å². The van der Waals surface area contributed by atoms with Gasteiger partial charge in [0.15, 0.2) is 0 Å². The summed E-state index contributed by atoms with van der Waals surface area (Å²) in [4.78, 5) is 19.1. The van der Waals surface area contributed by atoms with Crippen molar-refractivity contribution in [3.63, 3.8) is 0 Å². The van der Waals surface area contributed by atoms with Gasteiger partial charge in [0.1, 0.15) is 5.75 Å². The lowest BCUT2D eigenvalue weighted by atomic mass is 10.0. The van der Waals surface area contributed by atoms with Gasteiger partial charge in [-0.25, -0.2) is 0 Å². The van der Waals surface area contributed by atoms with Crippen LogP contribution in [0.5, 0.6) is 5.75 Å². The standard InChI is InChI=1S/C25H29N3O3/c1-17(2)16-30-22-11-9-20(10-12-22)24-26-25(31-27-24)21-13-23(29)28(15-21)14-18(3)19-7-5-4-6-8-19/h4-12,17-18,21H,13-16H2,1-3H3. The van der Waals surface area contributed by atoms with Crippen LogP contribution in [0.2, 0.25) is 0 Å². The summed E-state index contributed by atoms with van der Waals surface area (Å²) in [6.07, 6.45) is 0.408. The van der Waals surface area contributed by atoms with Gasteiger partial charge < -0.3 is 14.2 Å². The minimum absolute atomic E-state index is 0.0645. The predicted molar refractivity (Wildman–Crippen MR) is 119 cm³/mol. The molecular formula is C25H29N3O3. The zero-order valence-electron chi connectivity index (χ0n) is 18.3. The maximum atomic E-state index is 12.6. The van der Waals surface area contributed by atoms with Crippen LogP contribution in [-0.2, 0) is 4.79 Å². The third kappa shape index (κ3) is 5.13. The Balaban J connectivity index is 1.38. The van der Waals surface area contributed by atoms with Crippen molar-refractivity contribution in [1.29, 1.82) is 0 Å². The number of carbonyl (C=O) groups is 1. The summed E-state index contributed by atoms with van der Waals surface area (Å²) < 4.78 is 11.3. The summed E-state index contributed by atoms with van der Waals surface area (Å²) in [5.74, 6) is 2.71. The number of rotatable bonds is 8. The first-order chi connectivity index (χ1) is 15.0. The molecule has 2 atom stereocenters. The molecule has 31 heavy (non-hydrogen) atoms. The van der Waals surface area contributed by atoms with Gasteiger partial charge in [0.2, 0.25) is 17.6 Å². The number of ether oxygens (including phenoxy) is 1. The first-order valence-corrected chi connectivity index (χ1v) is 10.9. The minimum Gasteiger partial charge on any atom is -0.493 e. The average molecular weight is 420 g/mol. The molecule has 1 fully saturated rings. The Labute approximate surface area is 183 Å². The SMILES string of the molecule is CC(C)COc1ccc(-c2noc(C3CC(=O)N(CC(C)c4ccccc4)C3)n2)cc1. The number of hydrogen-bond donors (Lipinski definition) is 0. The van der Waals surface area contributed by atoms with Crippen LogP contribution in [0.25, 0.3) is 11.4 Å². The fourth-order valence-electron chi connectivity index (χ4n) is 3.81. The van der Waals surface area contributed by atoms with Gasteiger partial charge in [0.05, 0.1) is 12.5 Å². The minimum atomic E-state index is -0.0645. The van der Waals surface area contributed by atoms with E-state index in [0.29, 0.717) is 43.8 Å². The topological polar surface area (TPSA) is 68.5 Å². The molecular weight excluding hydrogens is 390 g/mol. The number of nitrogens with zero attached hydrogens (tertiary/aromatic N) is 3. The van der Waals surface area contributed by atoms with Gasteiger partial charge in [0.25, 0.3) is 0 Å². The van der Waals surface area contributed by atoms with Crippen LogP contribution >= 0.6 is 0 Å². The molecule has 0 spiro atoms. The van der Waals surface area contributed by atoms with Gasteiger partial charge in [-0.05, 0) is 41.7 Å². The Morgan fingerprint density at radius 2 is 1.84 bits per heavy atom. The van der Waals surface area contributed by atoms with E-state index >= 15 is 0 Å². The number of amides is 1. The number of aromatic nitrogens is 2. The van der Waals surface area contributed by atoms with E-state index in [0.717, 1.165) is 11.3 Å². The lowest BCUT2D eigenvalue weighted by Crippen LogP contribution is -2.29. The van der Waals surface area contributed by atoms with E-state index in [-0.39, 0.29) is 17.7 Å². The van der Waals surface area contributed by atoms with Crippen molar-refractivity contribution >= 4 is 5.91 Å². The Bertz CT molecular complexity index is 998. The molecule has 0 N–H and O–H groups in total. The van der Waals surface area contributed by atoms with Crippen molar-refractivity contribution in [2.75, 3.05) is 19.7 Å². The molecule has 0 aliphatic carbocycles. The number of likely N-dealkylation sites (tertiary alicyclic amines) is 1. The summed E-state index contributed by atoms with van der Waals surface area (Å²) in [6, 6.07) is 18.0. The Morgan fingerprint density at radius 1 is 1.10 bits per heavy atom. The lowest BCUT2D eigenvalue weighted by Gasteiger charge is -2.21. The molecule has 1 aliphatic rings. The average Bonchev–Trinajstić information content (AvgIpc) is 3.40. The molecule has 6 nitrogen and oxygen atoms in total. The van der Waals surface area contributed by atoms with Gasteiger partial charge in [-0.3, -0.25) is 4.79 Å². The largest absolute Gasteiger partial charge is 0.493 e. The van der Waals surface area contributed by atoms with Gasteiger partial charge in [-0.2, -0.15) is 4.98 Å². The highest BCUT2D eigenvalue weighted by Crippen LogP contribution is 2.30. The summed E-state index contributed by atoms with van der Waals surface area (Å²) in [5.41, 5.74) is 2.10. The van der Waals surface area contributed by atoms with Crippen molar-refractivity contribution in [3.05, 3.63) is 66.1 Å². The van der Waals surface area contributed by atoms with Gasteiger partial charge >= 0.3 is 0 Å². The second kappa shape index (κ2) is 9.33. The normalized spacial score (nSPS) is 17.4. The number of benzene rings is 2. The molecule has 1 aliphatic heterocycles. The molecule has 1 amide bonds. The van der Waals surface area contributed by atoms with Crippen molar-refractivity contribution in [2.45, 2.75) is 39.0 Å². The quantitative estimate of drug-likeness (QED) is 0.520. The summed E-state index contributed by atoms with van der Waals surface area (Å²) >= 11 is 0. The summed E-state index contributed by atoms with van der Waals surface area (Å²) in [6.45, 7) is 8.37. The third-order valence-electron chi connectivity index (χ3n) is 5.56.